The van der Waals surface area contributed by atoms with Crippen molar-refractivity contribution < 1.29 is 67.1 Å². The van der Waals surface area contributed by atoms with Crippen LogP contribution >= 0.6 is 7.94 Å². The number of carbonyl (C=O) groups is 1. The van der Waals surface area contributed by atoms with E-state index in [1.165, 1.54) is 55.3 Å². The maximum atomic E-state index is 13.0. The van der Waals surface area contributed by atoms with Crippen molar-refractivity contribution in [3.05, 3.63) is 48.5 Å². The van der Waals surface area contributed by atoms with Crippen LogP contribution < -0.4 is 49.8 Å². The number of rotatable bonds is 5. The van der Waals surface area contributed by atoms with E-state index in [1.54, 1.807) is 0 Å². The Balaban J connectivity index is 0.00000385. The van der Waals surface area contributed by atoms with Crippen molar-refractivity contribution in [1.82, 2.24) is 0 Å². The van der Waals surface area contributed by atoms with E-state index < -0.39 is 34.4 Å². The zero-order chi connectivity index (χ0) is 23.8. The fourth-order valence-corrected chi connectivity index (χ4v) is 4.08. The van der Waals surface area contributed by atoms with E-state index >= 15 is 0 Å². The first kappa shape index (κ1) is 27.3. The molecule has 1 amide bonds. The average Bonchev–Trinajstić information content (AvgIpc) is 2.71. The fourth-order valence-electron chi connectivity index (χ4n) is 2.84. The van der Waals surface area contributed by atoms with E-state index in [0.29, 0.717) is 5.69 Å². The Morgan fingerprint density at radius 2 is 1.76 bits per heavy atom. The summed E-state index contributed by atoms with van der Waals surface area (Å²) in [5, 5.41) is 20.3. The van der Waals surface area contributed by atoms with Crippen molar-refractivity contribution in [3.8, 4) is 5.75 Å². The normalized spacial score (nSPS) is 12.1. The van der Waals surface area contributed by atoms with Gasteiger partial charge in [-0.3, -0.25) is 9.35 Å². The summed E-state index contributed by atoms with van der Waals surface area (Å²) in [4.78, 5) is 42.1. The predicted molar refractivity (Wildman–Crippen MR) is 114 cm³/mol. The summed E-state index contributed by atoms with van der Waals surface area (Å²) in [7, 11) is -7.94. The summed E-state index contributed by atoms with van der Waals surface area (Å²) in [6.07, 6.45) is 0. The summed E-state index contributed by atoms with van der Waals surface area (Å²) >= 11 is 0. The molecule has 0 heterocycles. The van der Waals surface area contributed by atoms with E-state index in [9.17, 15) is 37.6 Å². The number of hydrogen-bond acceptors (Lipinski definition) is 9. The van der Waals surface area contributed by atoms with E-state index in [0.717, 1.165) is 12.1 Å². The molecule has 0 radical (unpaired) electrons. The molecule has 0 aliphatic rings. The van der Waals surface area contributed by atoms with Gasteiger partial charge in [0.05, 0.1) is 11.4 Å². The Bertz CT molecular complexity index is 1360. The van der Waals surface area contributed by atoms with Crippen molar-refractivity contribution in [2.45, 2.75) is 11.8 Å². The van der Waals surface area contributed by atoms with Gasteiger partial charge in [-0.25, -0.2) is 9.79 Å². The molecular weight excluding hydrogens is 484 g/mol. The maximum absolute atomic E-state index is 13.0. The molecule has 168 valence electrons. The molecule has 0 aromatic heterocycles. The van der Waals surface area contributed by atoms with Crippen LogP contribution in [0.4, 0.5) is 17.1 Å². The van der Waals surface area contributed by atoms with E-state index in [4.69, 9.17) is 0 Å². The van der Waals surface area contributed by atoms with Gasteiger partial charge in [0.1, 0.15) is 10.2 Å². The van der Waals surface area contributed by atoms with Crippen molar-refractivity contribution in [2.24, 2.45) is 10.2 Å². The third-order valence-electron chi connectivity index (χ3n) is 4.59. The van der Waals surface area contributed by atoms with Crippen LogP contribution in [0.5, 0.6) is 5.75 Å². The molecular formula is C19H17N3NaO8PS. The first-order valence-corrected chi connectivity index (χ1v) is 11.9. The van der Waals surface area contributed by atoms with Crippen LogP contribution in [0.1, 0.15) is 6.92 Å². The molecule has 33 heavy (non-hydrogen) atoms. The molecule has 0 fully saturated rings. The van der Waals surface area contributed by atoms with Crippen LogP contribution in [0.3, 0.4) is 0 Å². The van der Waals surface area contributed by atoms with Gasteiger partial charge in [0.15, 0.2) is 0 Å². The van der Waals surface area contributed by atoms with Gasteiger partial charge in [0.25, 0.3) is 18.1 Å². The number of hydrogen-bond donors (Lipinski definition) is 3. The Hall–Kier alpha value is -1.99. The Morgan fingerprint density at radius 3 is 2.33 bits per heavy atom. The summed E-state index contributed by atoms with van der Waals surface area (Å²) < 4.78 is 33.3. The van der Waals surface area contributed by atoms with Crippen LogP contribution in [0.2, 0.25) is 0 Å². The van der Waals surface area contributed by atoms with Crippen LogP contribution in [-0.2, 0) is 14.9 Å². The molecule has 0 aliphatic heterocycles. The Labute approximate surface area is 211 Å². The quantitative estimate of drug-likeness (QED) is 0.160. The van der Waals surface area contributed by atoms with Gasteiger partial charge in [0.2, 0.25) is 5.91 Å². The number of azo groups is 1. The maximum Gasteiger partial charge on any atom is 1.00 e. The van der Waals surface area contributed by atoms with Crippen molar-refractivity contribution >= 4 is 57.1 Å². The first-order chi connectivity index (χ1) is 14.8. The smallest absolute Gasteiger partial charge is 0.871 e. The van der Waals surface area contributed by atoms with E-state index in [1.807, 2.05) is 0 Å². The molecule has 3 N–H and O–H groups in total. The molecule has 0 spiro atoms. The van der Waals surface area contributed by atoms with Gasteiger partial charge in [0, 0.05) is 25.7 Å². The summed E-state index contributed by atoms with van der Waals surface area (Å²) in [5.41, 5.74) is -0.375. The fraction of sp³-hybridized carbons (Fsp3) is 0.105. The van der Waals surface area contributed by atoms with E-state index in [-0.39, 0.29) is 57.2 Å². The minimum atomic E-state index is -4.87. The van der Waals surface area contributed by atoms with Crippen LogP contribution in [0, 0.1) is 0 Å². The number of anilines is 1. The van der Waals surface area contributed by atoms with Gasteiger partial charge in [-0.05, 0) is 41.1 Å². The summed E-state index contributed by atoms with van der Waals surface area (Å²) in [6.45, 7) is 1.33. The molecule has 14 heteroatoms. The number of fused-ring (bicyclic) bond motifs is 1. The van der Waals surface area contributed by atoms with Crippen LogP contribution in [-0.4, -0.2) is 35.7 Å². The van der Waals surface area contributed by atoms with Gasteiger partial charge in [-0.15, -0.1) is 5.11 Å². The van der Waals surface area contributed by atoms with Crippen molar-refractivity contribution in [3.63, 3.8) is 0 Å². The van der Waals surface area contributed by atoms with Gasteiger partial charge < -0.3 is 14.9 Å². The molecule has 0 aliphatic carbocycles. The number of benzene rings is 3. The minimum absolute atomic E-state index is 0. The Kier molecular flexibility index (Phi) is 8.34. The predicted octanol–water partition coefficient (Wildman–Crippen LogP) is -1.70. The third kappa shape index (κ3) is 6.12. The second-order valence-electron chi connectivity index (χ2n) is 6.77. The number of nitrogens with zero attached hydrogens (tertiary/aromatic N) is 3. The molecule has 3 rings (SSSR count). The second kappa shape index (κ2) is 10.1. The third-order valence-corrected chi connectivity index (χ3v) is 6.40. The summed E-state index contributed by atoms with van der Waals surface area (Å²) in [6, 6.07) is 10.2. The molecule has 11 nitrogen and oxygen atoms in total. The molecule has 0 saturated carbocycles. The van der Waals surface area contributed by atoms with Gasteiger partial charge in [-0.2, -0.15) is 13.5 Å². The summed E-state index contributed by atoms with van der Waals surface area (Å²) in [5.74, 6) is -1.17. The number of carbonyl (C=O) groups excluding carboxylic acids is 1. The zero-order valence-electron chi connectivity index (χ0n) is 17.7. The monoisotopic (exact) mass is 501 g/mol. The molecule has 0 unspecified atom stereocenters. The largest absolute Gasteiger partial charge is 1.00 e. The van der Waals surface area contributed by atoms with Crippen molar-refractivity contribution in [1.29, 1.82) is 0 Å². The average molecular weight is 501 g/mol. The van der Waals surface area contributed by atoms with Crippen molar-refractivity contribution in [2.75, 3.05) is 11.9 Å². The molecule has 0 atom stereocenters. The molecule has 3 aromatic rings. The van der Waals surface area contributed by atoms with Crippen LogP contribution in [0.25, 0.3) is 10.8 Å². The molecule has 0 bridgehead atoms. The SMILES string of the molecule is CC(=O)N(C)c1ccc2cc(S(=O)(=O)O)c(N=Nc3cccc([P+]([O-])(O)O)c3)c([O-])c2c1.[Na+]. The topological polar surface area (TPSA) is 186 Å². The Morgan fingerprint density at radius 1 is 1.09 bits per heavy atom. The molecule has 0 saturated heterocycles. The van der Waals surface area contributed by atoms with Gasteiger partial charge >= 0.3 is 29.6 Å². The molecule has 3 aromatic carbocycles. The van der Waals surface area contributed by atoms with Crippen LogP contribution in [0.15, 0.2) is 63.7 Å². The second-order valence-corrected chi connectivity index (χ2v) is 9.77. The minimum Gasteiger partial charge on any atom is -0.871 e. The number of amides is 1. The first-order valence-electron chi connectivity index (χ1n) is 8.86. The van der Waals surface area contributed by atoms with E-state index in [2.05, 4.69) is 10.2 Å². The zero-order valence-corrected chi connectivity index (χ0v) is 21.4. The van der Waals surface area contributed by atoms with Gasteiger partial charge in [-0.1, -0.05) is 17.9 Å². The standard InChI is InChI=1S/C19H18N3O8PS.Na/c1-11(23)22(2)14-7-6-12-8-17(32(28,29)30)18(19(24)16(12)10-14)21-20-13-4-3-5-15(9-13)31(25,26)27;/h3-10,24H,1-2H3,(H2,25,26,27)(H,28,29,30);/q;+1/p-1.